The fourth-order valence-electron chi connectivity index (χ4n) is 1.37. The highest BCUT2D eigenvalue weighted by Crippen LogP contribution is 2.21. The van der Waals surface area contributed by atoms with E-state index >= 15 is 0 Å². The second kappa shape index (κ2) is 4.08. The molecule has 0 aromatic carbocycles. The zero-order valence-corrected chi connectivity index (χ0v) is 9.55. The van der Waals surface area contributed by atoms with Crippen LogP contribution in [0.1, 0.15) is 19.3 Å². The Kier molecular flexibility index (Phi) is 2.95. The minimum atomic E-state index is -3.42. The van der Waals surface area contributed by atoms with E-state index in [4.69, 9.17) is 11.6 Å². The first kappa shape index (κ1) is 10.9. The summed E-state index contributed by atoms with van der Waals surface area (Å²) in [5.74, 6) is 0. The lowest BCUT2D eigenvalue weighted by Gasteiger charge is -2.26. The third-order valence-electron chi connectivity index (χ3n) is 2.44. The van der Waals surface area contributed by atoms with Gasteiger partial charge in [0.25, 0.3) is 0 Å². The van der Waals surface area contributed by atoms with Crippen molar-refractivity contribution in [1.82, 2.24) is 9.71 Å². The Balaban J connectivity index is 2.20. The van der Waals surface area contributed by atoms with Crippen LogP contribution in [0.4, 0.5) is 0 Å². The summed E-state index contributed by atoms with van der Waals surface area (Å²) in [6.07, 6.45) is 4.30. The number of hydrogen-bond acceptors (Lipinski definition) is 3. The summed E-state index contributed by atoms with van der Waals surface area (Å²) in [4.78, 5) is 3.92. The first-order valence-corrected chi connectivity index (χ1v) is 6.58. The van der Waals surface area contributed by atoms with Crippen molar-refractivity contribution < 1.29 is 8.42 Å². The SMILES string of the molecule is O=S(=O)(NC1CCC1)c1ccnc(Cl)c1. The van der Waals surface area contributed by atoms with Crippen LogP contribution < -0.4 is 4.72 Å². The van der Waals surface area contributed by atoms with Gasteiger partial charge in [0.15, 0.2) is 0 Å². The standard InChI is InChI=1S/C9H11ClN2O2S/c10-9-6-8(4-5-11-9)15(13,14)12-7-2-1-3-7/h4-7,12H,1-3H2. The van der Waals surface area contributed by atoms with Gasteiger partial charge in [-0.25, -0.2) is 18.1 Å². The van der Waals surface area contributed by atoms with Crippen molar-refractivity contribution in [3.8, 4) is 0 Å². The molecule has 1 aromatic heterocycles. The van der Waals surface area contributed by atoms with Gasteiger partial charge in [0, 0.05) is 12.2 Å². The van der Waals surface area contributed by atoms with E-state index in [0.29, 0.717) is 0 Å². The number of rotatable bonds is 3. The molecule has 1 N–H and O–H groups in total. The second-order valence-electron chi connectivity index (χ2n) is 3.56. The quantitative estimate of drug-likeness (QED) is 0.824. The van der Waals surface area contributed by atoms with Gasteiger partial charge in [-0.15, -0.1) is 0 Å². The molecule has 1 aromatic rings. The molecule has 0 unspecified atom stereocenters. The van der Waals surface area contributed by atoms with Gasteiger partial charge in [-0.3, -0.25) is 0 Å². The Hall–Kier alpha value is -0.650. The highest BCUT2D eigenvalue weighted by Gasteiger charge is 2.24. The van der Waals surface area contributed by atoms with E-state index in [9.17, 15) is 8.42 Å². The molecule has 1 heterocycles. The molecule has 15 heavy (non-hydrogen) atoms. The smallest absolute Gasteiger partial charge is 0.240 e. The number of pyridine rings is 1. The Morgan fingerprint density at radius 1 is 1.47 bits per heavy atom. The maximum atomic E-state index is 11.8. The van der Waals surface area contributed by atoms with Crippen molar-refractivity contribution in [3.63, 3.8) is 0 Å². The van der Waals surface area contributed by atoms with E-state index in [-0.39, 0.29) is 16.1 Å². The lowest BCUT2D eigenvalue weighted by Crippen LogP contribution is -2.39. The van der Waals surface area contributed by atoms with Gasteiger partial charge in [-0.1, -0.05) is 18.0 Å². The van der Waals surface area contributed by atoms with E-state index in [0.717, 1.165) is 19.3 Å². The van der Waals surface area contributed by atoms with Crippen molar-refractivity contribution >= 4 is 21.6 Å². The molecule has 4 nitrogen and oxygen atoms in total. The van der Waals surface area contributed by atoms with Crippen LogP contribution in [0, 0.1) is 0 Å². The first-order chi connectivity index (χ1) is 7.08. The number of nitrogens with one attached hydrogen (secondary N) is 1. The van der Waals surface area contributed by atoms with Crippen LogP contribution in [-0.4, -0.2) is 19.4 Å². The number of hydrogen-bond donors (Lipinski definition) is 1. The van der Waals surface area contributed by atoms with Gasteiger partial charge in [-0.2, -0.15) is 0 Å². The maximum Gasteiger partial charge on any atom is 0.240 e. The molecule has 1 fully saturated rings. The summed E-state index contributed by atoms with van der Waals surface area (Å²) >= 11 is 5.63. The molecule has 1 saturated carbocycles. The van der Waals surface area contributed by atoms with Crippen molar-refractivity contribution in [1.29, 1.82) is 0 Å². The van der Waals surface area contributed by atoms with Crippen molar-refractivity contribution in [3.05, 3.63) is 23.5 Å². The van der Waals surface area contributed by atoms with Gasteiger partial charge in [0.2, 0.25) is 10.0 Å². The van der Waals surface area contributed by atoms with Gasteiger partial charge in [-0.05, 0) is 25.0 Å². The fourth-order valence-corrected chi connectivity index (χ4v) is 2.92. The molecule has 1 aliphatic carbocycles. The Bertz CT molecular complexity index is 457. The molecule has 0 bridgehead atoms. The van der Waals surface area contributed by atoms with Crippen LogP contribution in [0.3, 0.4) is 0 Å². The minimum Gasteiger partial charge on any atom is -0.244 e. The zero-order chi connectivity index (χ0) is 10.9. The van der Waals surface area contributed by atoms with Crippen LogP contribution in [0.5, 0.6) is 0 Å². The average Bonchev–Trinajstić information content (AvgIpc) is 2.12. The van der Waals surface area contributed by atoms with E-state index < -0.39 is 10.0 Å². The molecule has 0 aliphatic heterocycles. The van der Waals surface area contributed by atoms with Gasteiger partial charge in [0.05, 0.1) is 4.90 Å². The predicted octanol–water partition coefficient (Wildman–Crippen LogP) is 1.57. The molecular weight excluding hydrogens is 236 g/mol. The third-order valence-corrected chi connectivity index (χ3v) is 4.16. The number of nitrogens with zero attached hydrogens (tertiary/aromatic N) is 1. The Morgan fingerprint density at radius 2 is 2.20 bits per heavy atom. The lowest BCUT2D eigenvalue weighted by molar-refractivity contribution is 0.383. The summed E-state index contributed by atoms with van der Waals surface area (Å²) < 4.78 is 26.2. The van der Waals surface area contributed by atoms with E-state index in [1.165, 1.54) is 18.3 Å². The third kappa shape index (κ3) is 2.48. The molecule has 0 atom stereocenters. The summed E-state index contributed by atoms with van der Waals surface area (Å²) in [6, 6.07) is 2.87. The lowest BCUT2D eigenvalue weighted by atomic mass is 9.94. The monoisotopic (exact) mass is 246 g/mol. The van der Waals surface area contributed by atoms with Crippen LogP contribution in [0.15, 0.2) is 23.2 Å². The highest BCUT2D eigenvalue weighted by molar-refractivity contribution is 7.89. The molecule has 0 radical (unpaired) electrons. The molecular formula is C9H11ClN2O2S. The molecule has 0 spiro atoms. The molecule has 2 rings (SSSR count). The molecule has 0 amide bonds. The number of halogens is 1. The topological polar surface area (TPSA) is 59.1 Å². The maximum absolute atomic E-state index is 11.8. The van der Waals surface area contributed by atoms with Crippen LogP contribution in [0.2, 0.25) is 5.15 Å². The summed E-state index contributed by atoms with van der Waals surface area (Å²) in [5.41, 5.74) is 0. The molecule has 82 valence electrons. The summed E-state index contributed by atoms with van der Waals surface area (Å²) in [5, 5.41) is 0.187. The molecule has 1 aliphatic rings. The van der Waals surface area contributed by atoms with E-state index in [2.05, 4.69) is 9.71 Å². The van der Waals surface area contributed by atoms with Crippen molar-refractivity contribution in [2.75, 3.05) is 0 Å². The van der Waals surface area contributed by atoms with E-state index in [1.807, 2.05) is 0 Å². The summed E-state index contributed by atoms with van der Waals surface area (Å²) in [6.45, 7) is 0. The van der Waals surface area contributed by atoms with E-state index in [1.54, 1.807) is 0 Å². The Morgan fingerprint density at radius 3 is 2.73 bits per heavy atom. The van der Waals surface area contributed by atoms with Gasteiger partial charge in [0.1, 0.15) is 5.15 Å². The van der Waals surface area contributed by atoms with Crippen LogP contribution in [0.25, 0.3) is 0 Å². The zero-order valence-electron chi connectivity index (χ0n) is 7.98. The van der Waals surface area contributed by atoms with Gasteiger partial charge < -0.3 is 0 Å². The highest BCUT2D eigenvalue weighted by atomic mass is 35.5. The van der Waals surface area contributed by atoms with Crippen molar-refractivity contribution in [2.45, 2.75) is 30.2 Å². The molecule has 0 saturated heterocycles. The van der Waals surface area contributed by atoms with Gasteiger partial charge >= 0.3 is 0 Å². The summed E-state index contributed by atoms with van der Waals surface area (Å²) in [7, 11) is -3.42. The minimum absolute atomic E-state index is 0.0851. The second-order valence-corrected chi connectivity index (χ2v) is 5.66. The first-order valence-electron chi connectivity index (χ1n) is 4.72. The number of aromatic nitrogens is 1. The normalized spacial score (nSPS) is 17.4. The average molecular weight is 247 g/mol. The molecule has 6 heteroatoms. The van der Waals surface area contributed by atoms with Crippen molar-refractivity contribution in [2.24, 2.45) is 0 Å². The van der Waals surface area contributed by atoms with Crippen LogP contribution >= 0.6 is 11.6 Å². The number of sulfonamides is 1. The Labute approximate surface area is 93.7 Å². The predicted molar refractivity (Wildman–Crippen MR) is 57.2 cm³/mol. The largest absolute Gasteiger partial charge is 0.244 e. The fraction of sp³-hybridized carbons (Fsp3) is 0.444. The van der Waals surface area contributed by atoms with Crippen LogP contribution in [-0.2, 0) is 10.0 Å².